The number of anilines is 1. The SMILES string of the molecule is Cl.Cl.O=C(Nc1cccc(-n2ccnc2)c1)C1CCCCN1. The van der Waals surface area contributed by atoms with Crippen LogP contribution >= 0.6 is 24.8 Å². The number of nitrogens with zero attached hydrogens (tertiary/aromatic N) is 2. The Balaban J connectivity index is 0.00000121. The Morgan fingerprint density at radius 1 is 1.32 bits per heavy atom. The van der Waals surface area contributed by atoms with Crippen LogP contribution in [0.3, 0.4) is 0 Å². The minimum atomic E-state index is -0.0688. The molecule has 120 valence electrons. The van der Waals surface area contributed by atoms with Gasteiger partial charge < -0.3 is 15.2 Å². The summed E-state index contributed by atoms with van der Waals surface area (Å²) in [6, 6.07) is 7.69. The zero-order chi connectivity index (χ0) is 13.8. The number of aromatic nitrogens is 2. The molecule has 5 nitrogen and oxygen atoms in total. The van der Waals surface area contributed by atoms with Crippen molar-refractivity contribution in [1.82, 2.24) is 14.9 Å². The molecule has 1 fully saturated rings. The minimum absolute atomic E-state index is 0. The zero-order valence-electron chi connectivity index (χ0n) is 12.1. The number of carbonyl (C=O) groups is 1. The fraction of sp³-hybridized carbons (Fsp3) is 0.333. The van der Waals surface area contributed by atoms with Crippen molar-refractivity contribution in [1.29, 1.82) is 0 Å². The summed E-state index contributed by atoms with van der Waals surface area (Å²) in [5, 5.41) is 6.23. The average molecular weight is 343 g/mol. The van der Waals surface area contributed by atoms with E-state index in [4.69, 9.17) is 0 Å². The number of piperidine rings is 1. The summed E-state index contributed by atoms with van der Waals surface area (Å²) in [5.41, 5.74) is 1.80. The van der Waals surface area contributed by atoms with Gasteiger partial charge in [0.1, 0.15) is 0 Å². The van der Waals surface area contributed by atoms with Gasteiger partial charge in [-0.3, -0.25) is 4.79 Å². The third-order valence-electron chi connectivity index (χ3n) is 3.54. The lowest BCUT2D eigenvalue weighted by Gasteiger charge is -2.22. The van der Waals surface area contributed by atoms with E-state index in [-0.39, 0.29) is 36.8 Å². The topological polar surface area (TPSA) is 59.0 Å². The lowest BCUT2D eigenvalue weighted by atomic mass is 10.0. The standard InChI is InChI=1S/C15H18N4O.2ClH/c20-15(14-6-1-2-7-17-14)18-12-4-3-5-13(10-12)19-9-8-16-11-19;;/h3-5,8-11,14,17H,1-2,6-7H2,(H,18,20);2*1H. The number of hydrogen-bond acceptors (Lipinski definition) is 3. The van der Waals surface area contributed by atoms with Gasteiger partial charge in [-0.2, -0.15) is 0 Å². The lowest BCUT2D eigenvalue weighted by molar-refractivity contribution is -0.118. The van der Waals surface area contributed by atoms with Crippen LogP contribution in [0.25, 0.3) is 5.69 Å². The summed E-state index contributed by atoms with van der Waals surface area (Å²) in [6.07, 6.45) is 8.53. The highest BCUT2D eigenvalue weighted by molar-refractivity contribution is 5.95. The Labute approximate surface area is 142 Å². The van der Waals surface area contributed by atoms with Gasteiger partial charge in [-0.1, -0.05) is 12.5 Å². The third-order valence-corrected chi connectivity index (χ3v) is 3.54. The van der Waals surface area contributed by atoms with Gasteiger partial charge in [0.15, 0.2) is 0 Å². The number of carbonyl (C=O) groups excluding carboxylic acids is 1. The number of nitrogens with one attached hydrogen (secondary N) is 2. The van der Waals surface area contributed by atoms with Crippen molar-refractivity contribution in [2.45, 2.75) is 25.3 Å². The first-order chi connectivity index (χ1) is 9.83. The second-order valence-corrected chi connectivity index (χ2v) is 5.01. The molecule has 1 aromatic carbocycles. The van der Waals surface area contributed by atoms with E-state index in [1.54, 1.807) is 12.5 Å². The van der Waals surface area contributed by atoms with Crippen molar-refractivity contribution in [2.75, 3.05) is 11.9 Å². The highest BCUT2D eigenvalue weighted by atomic mass is 35.5. The van der Waals surface area contributed by atoms with E-state index < -0.39 is 0 Å². The van der Waals surface area contributed by atoms with Gasteiger partial charge in [-0.25, -0.2) is 4.98 Å². The third kappa shape index (κ3) is 4.47. The summed E-state index contributed by atoms with van der Waals surface area (Å²) in [5.74, 6) is 0.0486. The molecule has 22 heavy (non-hydrogen) atoms. The predicted octanol–water partition coefficient (Wildman–Crippen LogP) is 2.80. The van der Waals surface area contributed by atoms with Crippen LogP contribution < -0.4 is 10.6 Å². The van der Waals surface area contributed by atoms with E-state index >= 15 is 0 Å². The van der Waals surface area contributed by atoms with Crippen LogP contribution in [0.1, 0.15) is 19.3 Å². The maximum absolute atomic E-state index is 12.2. The molecule has 1 aromatic heterocycles. The Hall–Kier alpha value is -1.56. The van der Waals surface area contributed by atoms with Crippen LogP contribution in [0.4, 0.5) is 5.69 Å². The van der Waals surface area contributed by atoms with Crippen molar-refractivity contribution in [3.05, 3.63) is 43.0 Å². The van der Waals surface area contributed by atoms with E-state index in [1.165, 1.54) is 0 Å². The van der Waals surface area contributed by atoms with Crippen molar-refractivity contribution < 1.29 is 4.79 Å². The summed E-state index contributed by atoms with van der Waals surface area (Å²) in [4.78, 5) is 16.2. The molecular weight excluding hydrogens is 323 g/mol. The summed E-state index contributed by atoms with van der Waals surface area (Å²) in [7, 11) is 0. The molecule has 3 rings (SSSR count). The molecule has 2 N–H and O–H groups in total. The normalized spacial score (nSPS) is 17.0. The highest BCUT2D eigenvalue weighted by Crippen LogP contribution is 2.16. The van der Waals surface area contributed by atoms with Crippen LogP contribution in [0.5, 0.6) is 0 Å². The molecule has 7 heteroatoms. The molecule has 1 aliphatic heterocycles. The fourth-order valence-electron chi connectivity index (χ4n) is 2.46. The monoisotopic (exact) mass is 342 g/mol. The van der Waals surface area contributed by atoms with Crippen molar-refractivity contribution in [3.63, 3.8) is 0 Å². The van der Waals surface area contributed by atoms with Crippen LogP contribution in [0.15, 0.2) is 43.0 Å². The van der Waals surface area contributed by atoms with E-state index in [0.717, 1.165) is 37.2 Å². The fourth-order valence-corrected chi connectivity index (χ4v) is 2.46. The number of hydrogen-bond donors (Lipinski definition) is 2. The summed E-state index contributed by atoms with van der Waals surface area (Å²) < 4.78 is 1.91. The molecular formula is C15H20Cl2N4O. The Kier molecular flexibility index (Phi) is 7.38. The molecule has 1 amide bonds. The van der Waals surface area contributed by atoms with Crippen LogP contribution in [-0.4, -0.2) is 28.0 Å². The maximum Gasteiger partial charge on any atom is 0.241 e. The minimum Gasteiger partial charge on any atom is -0.325 e. The summed E-state index contributed by atoms with van der Waals surface area (Å²) in [6.45, 7) is 0.924. The van der Waals surface area contributed by atoms with Crippen molar-refractivity contribution >= 4 is 36.4 Å². The van der Waals surface area contributed by atoms with Crippen LogP contribution in [0.2, 0.25) is 0 Å². The van der Waals surface area contributed by atoms with Crippen molar-refractivity contribution in [2.24, 2.45) is 0 Å². The molecule has 1 unspecified atom stereocenters. The smallest absolute Gasteiger partial charge is 0.241 e. The van der Waals surface area contributed by atoms with Crippen molar-refractivity contribution in [3.8, 4) is 5.69 Å². The van der Waals surface area contributed by atoms with Gasteiger partial charge in [0.25, 0.3) is 0 Å². The Morgan fingerprint density at radius 3 is 2.86 bits per heavy atom. The number of halogens is 2. The van der Waals surface area contributed by atoms with Crippen LogP contribution in [0, 0.1) is 0 Å². The second-order valence-electron chi connectivity index (χ2n) is 5.01. The van der Waals surface area contributed by atoms with E-state index in [0.29, 0.717) is 0 Å². The first-order valence-electron chi connectivity index (χ1n) is 6.95. The van der Waals surface area contributed by atoms with Gasteiger partial charge in [-0.15, -0.1) is 24.8 Å². The first kappa shape index (κ1) is 18.5. The molecule has 1 aliphatic rings. The Morgan fingerprint density at radius 2 is 2.18 bits per heavy atom. The Bertz CT molecular complexity index is 583. The number of rotatable bonds is 3. The highest BCUT2D eigenvalue weighted by Gasteiger charge is 2.20. The van der Waals surface area contributed by atoms with Gasteiger partial charge >= 0.3 is 0 Å². The molecule has 1 saturated heterocycles. The molecule has 0 radical (unpaired) electrons. The molecule has 1 atom stereocenters. The van der Waals surface area contributed by atoms with Crippen LogP contribution in [-0.2, 0) is 4.79 Å². The first-order valence-corrected chi connectivity index (χ1v) is 6.95. The number of amides is 1. The van der Waals surface area contributed by atoms with E-state index in [9.17, 15) is 4.79 Å². The zero-order valence-corrected chi connectivity index (χ0v) is 13.7. The summed E-state index contributed by atoms with van der Waals surface area (Å²) >= 11 is 0. The second kappa shape index (κ2) is 8.78. The maximum atomic E-state index is 12.2. The lowest BCUT2D eigenvalue weighted by Crippen LogP contribution is -2.43. The molecule has 0 bridgehead atoms. The largest absolute Gasteiger partial charge is 0.325 e. The molecule has 0 spiro atoms. The van der Waals surface area contributed by atoms with Gasteiger partial charge in [-0.05, 0) is 37.6 Å². The van der Waals surface area contributed by atoms with E-state index in [2.05, 4.69) is 15.6 Å². The molecule has 2 heterocycles. The molecule has 2 aromatic rings. The number of imidazole rings is 1. The van der Waals surface area contributed by atoms with Gasteiger partial charge in [0.2, 0.25) is 5.91 Å². The number of benzene rings is 1. The van der Waals surface area contributed by atoms with Gasteiger partial charge in [0.05, 0.1) is 12.4 Å². The quantitative estimate of drug-likeness (QED) is 0.901. The molecule has 0 aliphatic carbocycles. The van der Waals surface area contributed by atoms with Gasteiger partial charge in [0, 0.05) is 23.8 Å². The predicted molar refractivity (Wildman–Crippen MR) is 92.3 cm³/mol. The molecule has 0 saturated carbocycles. The van der Waals surface area contributed by atoms with E-state index in [1.807, 2.05) is 35.0 Å². The average Bonchev–Trinajstić information content (AvgIpc) is 3.03.